The molecule has 7 rings (SSSR count). The number of thioether (sulfide) groups is 1. The van der Waals surface area contributed by atoms with E-state index in [1.54, 1.807) is 24.3 Å². The molecule has 47 heavy (non-hydrogen) atoms. The average Bonchev–Trinajstić information content (AvgIpc) is 3.68. The molecule has 2 heterocycles. The zero-order valence-electron chi connectivity index (χ0n) is 24.7. The number of hydrogen-bond donors (Lipinski definition) is 1. The van der Waals surface area contributed by atoms with Crippen molar-refractivity contribution in [3.8, 4) is 5.75 Å². The smallest absolute Gasteiger partial charge is 0.301 e. The lowest BCUT2D eigenvalue weighted by molar-refractivity contribution is -0.132. The number of aromatic nitrogens is 2. The van der Waals surface area contributed by atoms with Gasteiger partial charge in [-0.25, -0.2) is 4.39 Å². The standard InChI is InChI=1S/C37H26FN3O4S2/c38-28-18-16-25(17-19-28)33(42)31-32(26-12-7-14-29(20-26)45-21-23-8-2-1-3-9-23)41(35(44)34(31)43)36-39-40-37(47-36)46-22-27-13-6-11-24-10-4-5-15-30(24)27/h1-20,32,42H,21-22H2. The molecule has 0 spiro atoms. The minimum atomic E-state index is -1.04. The van der Waals surface area contributed by atoms with Crippen LogP contribution in [-0.4, -0.2) is 27.0 Å². The van der Waals surface area contributed by atoms with Crippen LogP contribution in [0, 0.1) is 5.82 Å². The summed E-state index contributed by atoms with van der Waals surface area (Å²) in [6.07, 6.45) is 0. The number of nitrogens with zero attached hydrogens (tertiary/aromatic N) is 3. The molecule has 1 unspecified atom stereocenters. The number of amides is 1. The molecule has 1 fully saturated rings. The summed E-state index contributed by atoms with van der Waals surface area (Å²) in [6.45, 7) is 0.313. The van der Waals surface area contributed by atoms with E-state index in [2.05, 4.69) is 34.5 Å². The molecule has 0 saturated carbocycles. The number of hydrogen-bond acceptors (Lipinski definition) is 8. The molecule has 232 valence electrons. The number of aliphatic hydroxyl groups excluding tert-OH is 1. The fraction of sp³-hybridized carbons (Fsp3) is 0.0811. The third kappa shape index (κ3) is 6.25. The van der Waals surface area contributed by atoms with Crippen LogP contribution in [0.3, 0.4) is 0 Å². The molecule has 0 aliphatic carbocycles. The van der Waals surface area contributed by atoms with E-state index in [9.17, 15) is 19.1 Å². The Balaban J connectivity index is 1.24. The van der Waals surface area contributed by atoms with Crippen LogP contribution in [0.25, 0.3) is 16.5 Å². The first-order valence-corrected chi connectivity index (χ1v) is 16.5. The Bertz CT molecular complexity index is 2130. The largest absolute Gasteiger partial charge is 0.507 e. The van der Waals surface area contributed by atoms with E-state index in [1.165, 1.54) is 52.3 Å². The number of fused-ring (bicyclic) bond motifs is 1. The van der Waals surface area contributed by atoms with E-state index in [0.29, 0.717) is 28.0 Å². The molecule has 1 atom stereocenters. The van der Waals surface area contributed by atoms with Crippen molar-refractivity contribution in [2.45, 2.75) is 22.7 Å². The van der Waals surface area contributed by atoms with Crippen LogP contribution in [0.2, 0.25) is 0 Å². The van der Waals surface area contributed by atoms with Gasteiger partial charge in [-0.1, -0.05) is 108 Å². The topological polar surface area (TPSA) is 92.6 Å². The zero-order valence-corrected chi connectivity index (χ0v) is 26.4. The van der Waals surface area contributed by atoms with Gasteiger partial charge in [-0.15, -0.1) is 10.2 Å². The van der Waals surface area contributed by atoms with E-state index in [-0.39, 0.29) is 16.3 Å². The molecule has 1 amide bonds. The highest BCUT2D eigenvalue weighted by Crippen LogP contribution is 2.44. The first kappa shape index (κ1) is 30.3. The van der Waals surface area contributed by atoms with Crippen molar-refractivity contribution in [3.63, 3.8) is 0 Å². The van der Waals surface area contributed by atoms with Gasteiger partial charge in [0.2, 0.25) is 5.13 Å². The number of Topliss-reactive ketones (excluding diaryl/α,β-unsaturated/α-hetero) is 1. The van der Waals surface area contributed by atoms with Crippen molar-refractivity contribution >= 4 is 56.5 Å². The summed E-state index contributed by atoms with van der Waals surface area (Å²) in [7, 11) is 0. The molecule has 0 bridgehead atoms. The summed E-state index contributed by atoms with van der Waals surface area (Å²) in [5, 5.41) is 22.6. The number of ether oxygens (including phenoxy) is 1. The van der Waals surface area contributed by atoms with E-state index in [1.807, 2.05) is 48.5 Å². The number of aliphatic hydroxyl groups is 1. The van der Waals surface area contributed by atoms with Crippen LogP contribution in [0.15, 0.2) is 131 Å². The summed E-state index contributed by atoms with van der Waals surface area (Å²) >= 11 is 2.68. The van der Waals surface area contributed by atoms with Crippen LogP contribution < -0.4 is 9.64 Å². The van der Waals surface area contributed by atoms with Crippen molar-refractivity contribution in [2.24, 2.45) is 0 Å². The molecule has 1 aliphatic rings. The SMILES string of the molecule is O=C1C(=O)N(c2nnc(SCc3cccc4ccccc34)s2)C(c2cccc(OCc3ccccc3)c2)C1=C(O)c1ccc(F)cc1. The molecule has 1 aliphatic heterocycles. The van der Waals surface area contributed by atoms with E-state index >= 15 is 0 Å². The number of carbonyl (C=O) groups is 2. The van der Waals surface area contributed by atoms with Crippen LogP contribution >= 0.6 is 23.1 Å². The number of carbonyl (C=O) groups excluding carboxylic acids is 2. The predicted octanol–water partition coefficient (Wildman–Crippen LogP) is 8.33. The minimum absolute atomic E-state index is 0.137. The Labute approximate surface area is 278 Å². The summed E-state index contributed by atoms with van der Waals surface area (Å²) in [4.78, 5) is 28.6. The maximum atomic E-state index is 13.7. The second-order valence-corrected chi connectivity index (χ2v) is 13.0. The third-order valence-corrected chi connectivity index (χ3v) is 9.92. The summed E-state index contributed by atoms with van der Waals surface area (Å²) in [5.74, 6) is -1.50. The maximum Gasteiger partial charge on any atom is 0.301 e. The second-order valence-electron chi connectivity index (χ2n) is 10.8. The van der Waals surface area contributed by atoms with Gasteiger partial charge in [0.25, 0.3) is 5.78 Å². The Morgan fingerprint density at radius 3 is 2.45 bits per heavy atom. The highest BCUT2D eigenvalue weighted by atomic mass is 32.2. The third-order valence-electron chi connectivity index (χ3n) is 7.82. The van der Waals surface area contributed by atoms with Crippen LogP contribution in [0.5, 0.6) is 5.75 Å². The number of halogens is 1. The Morgan fingerprint density at radius 2 is 1.62 bits per heavy atom. The number of anilines is 1. The van der Waals surface area contributed by atoms with Gasteiger partial charge in [0, 0.05) is 11.3 Å². The van der Waals surface area contributed by atoms with Gasteiger partial charge in [0.15, 0.2) is 4.34 Å². The van der Waals surface area contributed by atoms with Gasteiger partial charge in [0.05, 0.1) is 11.6 Å². The minimum Gasteiger partial charge on any atom is -0.507 e. The van der Waals surface area contributed by atoms with Crippen molar-refractivity contribution in [1.29, 1.82) is 0 Å². The monoisotopic (exact) mass is 659 g/mol. The highest BCUT2D eigenvalue weighted by Gasteiger charge is 2.48. The Hall–Kier alpha value is -5.32. The molecule has 1 saturated heterocycles. The lowest BCUT2D eigenvalue weighted by Gasteiger charge is -2.23. The van der Waals surface area contributed by atoms with E-state index in [0.717, 1.165) is 21.9 Å². The fourth-order valence-corrected chi connectivity index (χ4v) is 7.41. The van der Waals surface area contributed by atoms with Gasteiger partial charge in [-0.2, -0.15) is 0 Å². The van der Waals surface area contributed by atoms with Gasteiger partial charge in [-0.05, 0) is 63.9 Å². The first-order chi connectivity index (χ1) is 23.0. The van der Waals surface area contributed by atoms with Crippen LogP contribution in [0.4, 0.5) is 9.52 Å². The average molecular weight is 660 g/mol. The molecule has 5 aromatic carbocycles. The van der Waals surface area contributed by atoms with E-state index in [4.69, 9.17) is 4.74 Å². The number of benzene rings is 5. The molecule has 1 aromatic heterocycles. The normalized spacial score (nSPS) is 15.8. The molecule has 1 N–H and O–H groups in total. The van der Waals surface area contributed by atoms with Crippen molar-refractivity contribution in [3.05, 3.63) is 155 Å². The molecule has 6 aromatic rings. The van der Waals surface area contributed by atoms with Crippen LogP contribution in [-0.2, 0) is 21.9 Å². The zero-order chi connectivity index (χ0) is 32.3. The summed E-state index contributed by atoms with van der Waals surface area (Å²) in [6, 6.07) is 35.1. The fourth-order valence-electron chi connectivity index (χ4n) is 5.54. The van der Waals surface area contributed by atoms with Gasteiger partial charge in [0.1, 0.15) is 23.9 Å². The van der Waals surface area contributed by atoms with Crippen molar-refractivity contribution < 1.29 is 23.8 Å². The Morgan fingerprint density at radius 1 is 0.872 bits per heavy atom. The lowest BCUT2D eigenvalue weighted by Crippen LogP contribution is -2.29. The molecule has 10 heteroatoms. The molecule has 7 nitrogen and oxygen atoms in total. The van der Waals surface area contributed by atoms with Gasteiger partial charge >= 0.3 is 5.91 Å². The van der Waals surface area contributed by atoms with Gasteiger partial charge in [-0.3, -0.25) is 14.5 Å². The van der Waals surface area contributed by atoms with Crippen LogP contribution in [0.1, 0.15) is 28.3 Å². The summed E-state index contributed by atoms with van der Waals surface area (Å²) in [5.41, 5.74) is 2.70. The van der Waals surface area contributed by atoms with Crippen molar-refractivity contribution in [1.82, 2.24) is 10.2 Å². The number of rotatable bonds is 9. The number of ketones is 1. The quantitative estimate of drug-likeness (QED) is 0.0549. The second kappa shape index (κ2) is 13.2. The van der Waals surface area contributed by atoms with Gasteiger partial charge < -0.3 is 9.84 Å². The molecular weight excluding hydrogens is 634 g/mol. The first-order valence-electron chi connectivity index (χ1n) is 14.7. The predicted molar refractivity (Wildman–Crippen MR) is 182 cm³/mol. The highest BCUT2D eigenvalue weighted by molar-refractivity contribution is 8.00. The molecule has 0 radical (unpaired) electrons. The molecular formula is C37H26FN3O4S2. The maximum absolute atomic E-state index is 13.7. The summed E-state index contributed by atoms with van der Waals surface area (Å²) < 4.78 is 20.4. The lowest BCUT2D eigenvalue weighted by atomic mass is 9.95. The Kier molecular flexibility index (Phi) is 8.52. The van der Waals surface area contributed by atoms with Crippen molar-refractivity contribution in [2.75, 3.05) is 4.90 Å². The van der Waals surface area contributed by atoms with E-state index < -0.39 is 29.3 Å².